The van der Waals surface area contributed by atoms with Gasteiger partial charge in [0, 0.05) is 16.2 Å². The van der Waals surface area contributed by atoms with Gasteiger partial charge in [-0.1, -0.05) is 35.1 Å². The monoisotopic (exact) mass is 383 g/mol. The molecule has 0 N–H and O–H groups in total. The second-order valence-corrected chi connectivity index (χ2v) is 7.95. The molecule has 0 spiro atoms. The SMILES string of the molecule is Cc1noc(C)c1CSc1nc2ccccc2c(=O)n1Cc1cccs1. The molecule has 26 heavy (non-hydrogen) atoms. The zero-order valence-electron chi connectivity index (χ0n) is 14.4. The van der Waals surface area contributed by atoms with E-state index in [1.165, 1.54) is 0 Å². The van der Waals surface area contributed by atoms with Gasteiger partial charge >= 0.3 is 0 Å². The number of para-hydroxylation sites is 1. The van der Waals surface area contributed by atoms with Gasteiger partial charge in [-0.25, -0.2) is 4.98 Å². The maximum Gasteiger partial charge on any atom is 0.262 e. The van der Waals surface area contributed by atoms with Gasteiger partial charge in [-0.15, -0.1) is 11.3 Å². The third-order valence-corrected chi connectivity index (χ3v) is 6.11. The van der Waals surface area contributed by atoms with Crippen LogP contribution in [0.25, 0.3) is 10.9 Å². The van der Waals surface area contributed by atoms with Gasteiger partial charge in [-0.2, -0.15) is 0 Å². The second-order valence-electron chi connectivity index (χ2n) is 5.97. The summed E-state index contributed by atoms with van der Waals surface area (Å²) >= 11 is 3.18. The van der Waals surface area contributed by atoms with E-state index in [9.17, 15) is 4.79 Å². The summed E-state index contributed by atoms with van der Waals surface area (Å²) in [5.41, 5.74) is 2.65. The van der Waals surface area contributed by atoms with Crippen LogP contribution in [-0.4, -0.2) is 14.7 Å². The van der Waals surface area contributed by atoms with Crippen LogP contribution >= 0.6 is 23.1 Å². The lowest BCUT2D eigenvalue weighted by Crippen LogP contribution is -2.23. The van der Waals surface area contributed by atoms with Gasteiger partial charge < -0.3 is 4.52 Å². The van der Waals surface area contributed by atoms with Crippen LogP contribution in [0.5, 0.6) is 0 Å². The summed E-state index contributed by atoms with van der Waals surface area (Å²) in [6.45, 7) is 4.36. The van der Waals surface area contributed by atoms with Crippen molar-refractivity contribution in [3.05, 3.63) is 74.0 Å². The van der Waals surface area contributed by atoms with Crippen molar-refractivity contribution in [2.45, 2.75) is 31.3 Å². The van der Waals surface area contributed by atoms with Gasteiger partial charge in [0.2, 0.25) is 0 Å². The molecule has 0 saturated carbocycles. The van der Waals surface area contributed by atoms with Crippen molar-refractivity contribution in [1.82, 2.24) is 14.7 Å². The lowest BCUT2D eigenvalue weighted by Gasteiger charge is -2.12. The Morgan fingerprint density at radius 3 is 2.77 bits per heavy atom. The first-order chi connectivity index (χ1) is 12.6. The topological polar surface area (TPSA) is 60.9 Å². The van der Waals surface area contributed by atoms with Crippen molar-refractivity contribution in [3.8, 4) is 0 Å². The molecule has 0 amide bonds. The van der Waals surface area contributed by atoms with Gasteiger partial charge in [-0.05, 0) is 37.4 Å². The van der Waals surface area contributed by atoms with Crippen LogP contribution in [-0.2, 0) is 12.3 Å². The summed E-state index contributed by atoms with van der Waals surface area (Å²) in [4.78, 5) is 18.9. The number of thiophene rings is 1. The summed E-state index contributed by atoms with van der Waals surface area (Å²) in [5.74, 6) is 1.47. The smallest absolute Gasteiger partial charge is 0.262 e. The summed E-state index contributed by atoms with van der Waals surface area (Å²) in [5, 5.41) is 7.38. The van der Waals surface area contributed by atoms with Crippen molar-refractivity contribution in [2.75, 3.05) is 0 Å². The summed E-state index contributed by atoms with van der Waals surface area (Å²) in [7, 11) is 0. The molecule has 0 bridgehead atoms. The van der Waals surface area contributed by atoms with E-state index in [1.54, 1.807) is 27.7 Å². The van der Waals surface area contributed by atoms with Crippen molar-refractivity contribution < 1.29 is 4.52 Å². The highest BCUT2D eigenvalue weighted by Gasteiger charge is 2.15. The van der Waals surface area contributed by atoms with Crippen molar-refractivity contribution in [1.29, 1.82) is 0 Å². The number of fused-ring (bicyclic) bond motifs is 1. The molecule has 5 nitrogen and oxygen atoms in total. The fraction of sp³-hybridized carbons (Fsp3) is 0.211. The highest BCUT2D eigenvalue weighted by Crippen LogP contribution is 2.26. The van der Waals surface area contributed by atoms with E-state index in [4.69, 9.17) is 9.51 Å². The molecule has 0 aliphatic heterocycles. The number of benzene rings is 1. The third-order valence-electron chi connectivity index (χ3n) is 4.25. The molecule has 132 valence electrons. The minimum absolute atomic E-state index is 0.00902. The lowest BCUT2D eigenvalue weighted by atomic mass is 10.2. The molecule has 0 aliphatic rings. The largest absolute Gasteiger partial charge is 0.361 e. The zero-order valence-corrected chi connectivity index (χ0v) is 16.1. The van der Waals surface area contributed by atoms with Crippen LogP contribution in [0, 0.1) is 13.8 Å². The first-order valence-electron chi connectivity index (χ1n) is 8.20. The number of thioether (sulfide) groups is 1. The molecular weight excluding hydrogens is 366 g/mol. The number of hydrogen-bond acceptors (Lipinski definition) is 6. The van der Waals surface area contributed by atoms with Crippen LogP contribution in [0.4, 0.5) is 0 Å². The van der Waals surface area contributed by atoms with Crippen LogP contribution in [0.3, 0.4) is 0 Å². The van der Waals surface area contributed by atoms with Crippen LogP contribution < -0.4 is 5.56 Å². The van der Waals surface area contributed by atoms with Gasteiger partial charge in [-0.3, -0.25) is 9.36 Å². The molecule has 0 aliphatic carbocycles. The van der Waals surface area contributed by atoms with Crippen LogP contribution in [0.2, 0.25) is 0 Å². The summed E-state index contributed by atoms with van der Waals surface area (Å²) < 4.78 is 7.00. The maximum atomic E-state index is 13.1. The Morgan fingerprint density at radius 2 is 2.04 bits per heavy atom. The molecule has 3 heterocycles. The molecule has 0 unspecified atom stereocenters. The Bertz CT molecular complexity index is 1090. The highest BCUT2D eigenvalue weighted by atomic mass is 32.2. The Kier molecular flexibility index (Phi) is 4.65. The standard InChI is InChI=1S/C19H17N3O2S2/c1-12-16(13(2)24-21-12)11-26-19-20-17-8-4-3-7-15(17)18(23)22(19)10-14-6-5-9-25-14/h3-9H,10-11H2,1-2H3. The third kappa shape index (κ3) is 3.20. The molecule has 7 heteroatoms. The minimum atomic E-state index is -0.00902. The van der Waals surface area contributed by atoms with Gasteiger partial charge in [0.25, 0.3) is 5.56 Å². The molecule has 3 aromatic heterocycles. The summed E-state index contributed by atoms with van der Waals surface area (Å²) in [6.07, 6.45) is 0. The first kappa shape index (κ1) is 17.1. The Balaban J connectivity index is 1.77. The normalized spacial score (nSPS) is 11.3. The average molecular weight is 383 g/mol. The average Bonchev–Trinajstić information content (AvgIpc) is 3.26. The van der Waals surface area contributed by atoms with Crippen LogP contribution in [0.15, 0.2) is 56.3 Å². The summed E-state index contributed by atoms with van der Waals surface area (Å²) in [6, 6.07) is 11.5. The Hall–Kier alpha value is -2.38. The van der Waals surface area contributed by atoms with Crippen molar-refractivity contribution >= 4 is 34.0 Å². The number of aromatic nitrogens is 3. The molecule has 4 aromatic rings. The van der Waals surface area contributed by atoms with Gasteiger partial charge in [0.15, 0.2) is 5.16 Å². The molecule has 0 radical (unpaired) electrons. The maximum absolute atomic E-state index is 13.1. The van der Waals surface area contributed by atoms with E-state index in [2.05, 4.69) is 5.16 Å². The van der Waals surface area contributed by atoms with E-state index >= 15 is 0 Å². The van der Waals surface area contributed by atoms with Crippen molar-refractivity contribution in [2.24, 2.45) is 0 Å². The van der Waals surface area contributed by atoms with Gasteiger partial charge in [0.1, 0.15) is 5.76 Å². The fourth-order valence-electron chi connectivity index (χ4n) is 2.80. The van der Waals surface area contributed by atoms with E-state index < -0.39 is 0 Å². The highest BCUT2D eigenvalue weighted by molar-refractivity contribution is 7.98. The predicted octanol–water partition coefficient (Wildman–Crippen LogP) is 4.40. The number of aryl methyl sites for hydroxylation is 2. The number of rotatable bonds is 5. The molecule has 1 aromatic carbocycles. The van der Waals surface area contributed by atoms with E-state index in [0.29, 0.717) is 22.8 Å². The van der Waals surface area contributed by atoms with Crippen LogP contribution in [0.1, 0.15) is 21.9 Å². The molecule has 0 fully saturated rings. The molecular formula is C19H17N3O2S2. The molecule has 0 saturated heterocycles. The fourth-order valence-corrected chi connectivity index (χ4v) is 4.64. The van der Waals surface area contributed by atoms with E-state index in [1.807, 2.05) is 55.6 Å². The number of nitrogens with zero attached hydrogens (tertiary/aromatic N) is 3. The van der Waals surface area contributed by atoms with Crippen molar-refractivity contribution in [3.63, 3.8) is 0 Å². The zero-order chi connectivity index (χ0) is 18.1. The minimum Gasteiger partial charge on any atom is -0.361 e. The van der Waals surface area contributed by atoms with E-state index in [0.717, 1.165) is 27.4 Å². The van der Waals surface area contributed by atoms with Gasteiger partial charge in [0.05, 0.1) is 23.1 Å². The lowest BCUT2D eigenvalue weighted by molar-refractivity contribution is 0.392. The molecule has 0 atom stereocenters. The van der Waals surface area contributed by atoms with E-state index in [-0.39, 0.29) is 5.56 Å². The Morgan fingerprint density at radius 1 is 1.19 bits per heavy atom. The molecule has 4 rings (SSSR count). The Labute approximate surface area is 158 Å². The second kappa shape index (κ2) is 7.09. The quantitative estimate of drug-likeness (QED) is 0.377. The number of hydrogen-bond donors (Lipinski definition) is 0. The first-order valence-corrected chi connectivity index (χ1v) is 10.1. The predicted molar refractivity (Wildman–Crippen MR) is 105 cm³/mol.